The Hall–Kier alpha value is -3.55. The number of H-pyrrole nitrogens is 1. The number of fused-ring (bicyclic) bond motifs is 1. The second kappa shape index (κ2) is 6.31. The van der Waals surface area contributed by atoms with Crippen LogP contribution in [0.2, 0.25) is 0 Å². The van der Waals surface area contributed by atoms with Crippen LogP contribution in [-0.4, -0.2) is 30.6 Å². The van der Waals surface area contributed by atoms with E-state index < -0.39 is 11.6 Å². The van der Waals surface area contributed by atoms with E-state index >= 15 is 0 Å². The van der Waals surface area contributed by atoms with E-state index in [0.717, 1.165) is 6.07 Å². The third-order valence-corrected chi connectivity index (χ3v) is 4.22. The zero-order chi connectivity index (χ0) is 19.1. The molecule has 0 atom stereocenters. The van der Waals surface area contributed by atoms with E-state index in [0.29, 0.717) is 33.6 Å². The van der Waals surface area contributed by atoms with Crippen LogP contribution in [0, 0.1) is 11.6 Å². The highest BCUT2D eigenvalue weighted by atomic mass is 19.1. The zero-order valence-electron chi connectivity index (χ0n) is 14.5. The van der Waals surface area contributed by atoms with Gasteiger partial charge in [-0.3, -0.25) is 9.67 Å². The summed E-state index contributed by atoms with van der Waals surface area (Å²) in [4.78, 5) is 11.5. The molecule has 0 aliphatic carbocycles. The zero-order valence-corrected chi connectivity index (χ0v) is 14.5. The normalized spacial score (nSPS) is 12.1. The number of aromatic nitrogens is 4. The highest BCUT2D eigenvalue weighted by Gasteiger charge is 2.17. The van der Waals surface area contributed by atoms with Crippen molar-refractivity contribution < 1.29 is 13.9 Å². The molecule has 0 radical (unpaired) electrons. The van der Waals surface area contributed by atoms with Gasteiger partial charge in [-0.15, -0.1) is 0 Å². The number of aromatic amines is 1. The molecule has 0 fully saturated rings. The number of rotatable bonds is 3. The first-order chi connectivity index (χ1) is 12.9. The minimum absolute atomic E-state index is 0.0614. The van der Waals surface area contributed by atoms with Gasteiger partial charge in [0.25, 0.3) is 0 Å². The predicted octanol–water partition coefficient (Wildman–Crippen LogP) is 4.09. The van der Waals surface area contributed by atoms with E-state index in [1.165, 1.54) is 18.3 Å². The average molecular weight is 367 g/mol. The van der Waals surface area contributed by atoms with Crippen LogP contribution in [-0.2, 0) is 7.05 Å². The smallest absolute Gasteiger partial charge is 0.198 e. The molecule has 6 nitrogen and oxygen atoms in total. The highest BCUT2D eigenvalue weighted by molar-refractivity contribution is 6.13. The molecule has 8 heteroatoms. The molecule has 1 aromatic carbocycles. The topological polar surface area (TPSA) is 79.1 Å². The fourth-order valence-corrected chi connectivity index (χ4v) is 3.01. The lowest BCUT2D eigenvalue weighted by Crippen LogP contribution is -1.94. The first kappa shape index (κ1) is 16.9. The number of aromatic hydroxyl groups is 1. The maximum Gasteiger partial charge on any atom is 0.198 e. The third kappa shape index (κ3) is 3.05. The molecule has 3 heterocycles. The van der Waals surface area contributed by atoms with Crippen LogP contribution in [0.15, 0.2) is 47.8 Å². The van der Waals surface area contributed by atoms with Gasteiger partial charge in [-0.05, 0) is 25.1 Å². The molecule has 0 saturated heterocycles. The van der Waals surface area contributed by atoms with Gasteiger partial charge in [0, 0.05) is 24.1 Å². The lowest BCUT2D eigenvalue weighted by Gasteiger charge is -2.04. The summed E-state index contributed by atoms with van der Waals surface area (Å²) in [5, 5.41) is 15.0. The van der Waals surface area contributed by atoms with Crippen molar-refractivity contribution in [2.45, 2.75) is 6.92 Å². The quantitative estimate of drug-likeness (QED) is 0.535. The lowest BCUT2D eigenvalue weighted by atomic mass is 10.1. The highest BCUT2D eigenvalue weighted by Crippen LogP contribution is 2.32. The minimum Gasteiger partial charge on any atom is -0.494 e. The molecular weight excluding hydrogens is 352 g/mol. The molecule has 0 amide bonds. The largest absolute Gasteiger partial charge is 0.494 e. The Morgan fingerprint density at radius 1 is 1.22 bits per heavy atom. The maximum absolute atomic E-state index is 14.1. The molecule has 4 rings (SSSR count). The summed E-state index contributed by atoms with van der Waals surface area (Å²) in [5.41, 5.74) is 2.77. The number of hydrogen-bond donors (Lipinski definition) is 2. The summed E-state index contributed by atoms with van der Waals surface area (Å²) in [7, 11) is 1.78. The van der Waals surface area contributed by atoms with Crippen LogP contribution in [0.1, 0.15) is 12.5 Å². The van der Waals surface area contributed by atoms with Gasteiger partial charge < -0.3 is 10.1 Å². The Kier molecular flexibility index (Phi) is 3.95. The van der Waals surface area contributed by atoms with Crippen molar-refractivity contribution in [3.63, 3.8) is 0 Å². The molecule has 27 heavy (non-hydrogen) atoms. The predicted molar refractivity (Wildman–Crippen MR) is 98.2 cm³/mol. The molecule has 0 spiro atoms. The van der Waals surface area contributed by atoms with Crippen molar-refractivity contribution in [3.8, 4) is 17.1 Å². The second-order valence-electron chi connectivity index (χ2n) is 6.16. The van der Waals surface area contributed by atoms with Crippen LogP contribution in [0.3, 0.4) is 0 Å². The fraction of sp³-hybridized carbons (Fsp3) is 0.105. The van der Waals surface area contributed by atoms with Crippen molar-refractivity contribution in [2.24, 2.45) is 12.0 Å². The van der Waals surface area contributed by atoms with Gasteiger partial charge in [0.05, 0.1) is 41.1 Å². The van der Waals surface area contributed by atoms with Crippen molar-refractivity contribution in [1.82, 2.24) is 19.7 Å². The van der Waals surface area contributed by atoms with E-state index in [4.69, 9.17) is 0 Å². The number of nitrogens with zero attached hydrogens (tertiary/aromatic N) is 4. The SMILES string of the molecule is CC(=Nc1cnn(C)c1)c1c(O)[nH]c2cnc(-c3ccc(F)cc3F)cc12. The lowest BCUT2D eigenvalue weighted by molar-refractivity contribution is 0.457. The first-order valence-electron chi connectivity index (χ1n) is 8.13. The number of aryl methyl sites for hydroxylation is 1. The van der Waals surface area contributed by atoms with Gasteiger partial charge in [-0.2, -0.15) is 5.10 Å². The molecule has 136 valence electrons. The van der Waals surface area contributed by atoms with Gasteiger partial charge in [0.1, 0.15) is 17.3 Å². The Labute approximate surface area is 152 Å². The van der Waals surface area contributed by atoms with E-state index in [1.54, 1.807) is 37.1 Å². The minimum atomic E-state index is -0.705. The summed E-state index contributed by atoms with van der Waals surface area (Å²) < 4.78 is 28.9. The summed E-state index contributed by atoms with van der Waals surface area (Å²) in [5.74, 6) is -1.42. The van der Waals surface area contributed by atoms with Crippen LogP contribution in [0.5, 0.6) is 5.88 Å². The number of benzene rings is 1. The van der Waals surface area contributed by atoms with Crippen molar-refractivity contribution in [3.05, 3.63) is 60.1 Å². The Balaban J connectivity index is 1.86. The molecule has 0 aliphatic rings. The summed E-state index contributed by atoms with van der Waals surface area (Å²) in [6.07, 6.45) is 4.85. The monoisotopic (exact) mass is 367 g/mol. The maximum atomic E-state index is 14.1. The molecule has 0 saturated carbocycles. The van der Waals surface area contributed by atoms with Gasteiger partial charge in [-0.25, -0.2) is 13.8 Å². The van der Waals surface area contributed by atoms with Crippen molar-refractivity contribution >= 4 is 22.3 Å². The number of pyridine rings is 1. The molecule has 0 aliphatic heterocycles. The number of aliphatic imine (C=N–C) groups is 1. The summed E-state index contributed by atoms with van der Waals surface area (Å²) in [6, 6.07) is 4.96. The van der Waals surface area contributed by atoms with E-state index in [1.807, 2.05) is 0 Å². The molecule has 2 N–H and O–H groups in total. The standard InChI is InChI=1S/C19H15F2N5O/c1-10(24-12-7-23-26(2)9-12)18-14-6-16(22-8-17(14)25-19(18)27)13-4-3-11(20)5-15(13)21/h3-9,25,27H,1-2H3. The molecule has 3 aromatic heterocycles. The second-order valence-corrected chi connectivity index (χ2v) is 6.16. The Bertz CT molecular complexity index is 1190. The molecule has 0 unspecified atom stereocenters. The van der Waals surface area contributed by atoms with Crippen LogP contribution >= 0.6 is 0 Å². The van der Waals surface area contributed by atoms with Gasteiger partial charge in [0.15, 0.2) is 5.88 Å². The number of nitrogens with one attached hydrogen (secondary N) is 1. The van der Waals surface area contributed by atoms with Crippen molar-refractivity contribution in [2.75, 3.05) is 0 Å². The Morgan fingerprint density at radius 2 is 2.04 bits per heavy atom. The Morgan fingerprint density at radius 3 is 2.74 bits per heavy atom. The van der Waals surface area contributed by atoms with E-state index in [-0.39, 0.29) is 11.4 Å². The summed E-state index contributed by atoms with van der Waals surface area (Å²) >= 11 is 0. The summed E-state index contributed by atoms with van der Waals surface area (Å²) in [6.45, 7) is 1.76. The fourth-order valence-electron chi connectivity index (χ4n) is 3.01. The van der Waals surface area contributed by atoms with Crippen LogP contribution in [0.25, 0.3) is 22.2 Å². The number of halogens is 2. The molecular formula is C19H15F2N5O. The average Bonchev–Trinajstić information content (AvgIpc) is 3.16. The van der Waals surface area contributed by atoms with Gasteiger partial charge in [0.2, 0.25) is 0 Å². The third-order valence-electron chi connectivity index (χ3n) is 4.22. The van der Waals surface area contributed by atoms with Gasteiger partial charge >= 0.3 is 0 Å². The number of hydrogen-bond acceptors (Lipinski definition) is 4. The first-order valence-corrected chi connectivity index (χ1v) is 8.13. The molecule has 4 aromatic rings. The van der Waals surface area contributed by atoms with Crippen molar-refractivity contribution in [1.29, 1.82) is 0 Å². The van der Waals surface area contributed by atoms with E-state index in [2.05, 4.69) is 20.1 Å². The van der Waals surface area contributed by atoms with Crippen LogP contribution in [0.4, 0.5) is 14.5 Å². The van der Waals surface area contributed by atoms with Crippen LogP contribution < -0.4 is 0 Å². The van der Waals surface area contributed by atoms with Gasteiger partial charge in [-0.1, -0.05) is 0 Å². The molecule has 0 bridgehead atoms. The van der Waals surface area contributed by atoms with E-state index in [9.17, 15) is 13.9 Å².